The van der Waals surface area contributed by atoms with Crippen molar-refractivity contribution in [1.82, 2.24) is 9.29 Å². The number of thiazole rings is 1. The molecule has 0 saturated carbocycles. The van der Waals surface area contributed by atoms with Gasteiger partial charge >= 0.3 is 0 Å². The van der Waals surface area contributed by atoms with Crippen LogP contribution in [0.2, 0.25) is 0 Å². The minimum atomic E-state index is -3.62. The predicted octanol–water partition coefficient (Wildman–Crippen LogP) is 6.16. The Balaban J connectivity index is 1.68. The first-order chi connectivity index (χ1) is 17.2. The summed E-state index contributed by atoms with van der Waals surface area (Å²) in [7, 11) is -3.62. The highest BCUT2D eigenvalue weighted by Crippen LogP contribution is 2.34. The van der Waals surface area contributed by atoms with Crippen molar-refractivity contribution in [2.75, 3.05) is 18.0 Å². The molecule has 7 nitrogen and oxygen atoms in total. The molecule has 0 bridgehead atoms. The smallest absolute Gasteiger partial charge is 0.260 e. The van der Waals surface area contributed by atoms with Gasteiger partial charge in [0.1, 0.15) is 5.76 Å². The van der Waals surface area contributed by atoms with Crippen LogP contribution < -0.4 is 4.90 Å². The summed E-state index contributed by atoms with van der Waals surface area (Å²) in [5.41, 5.74) is 3.44. The van der Waals surface area contributed by atoms with Crippen molar-refractivity contribution in [3.8, 4) is 0 Å². The number of fused-ring (bicyclic) bond motifs is 1. The first-order valence-electron chi connectivity index (χ1n) is 12.1. The number of aromatic nitrogens is 1. The van der Waals surface area contributed by atoms with Gasteiger partial charge in [-0.15, -0.1) is 0 Å². The van der Waals surface area contributed by atoms with E-state index in [1.807, 2.05) is 39.8 Å². The Morgan fingerprint density at radius 2 is 1.72 bits per heavy atom. The fourth-order valence-electron chi connectivity index (χ4n) is 4.19. The van der Waals surface area contributed by atoms with Crippen LogP contribution in [0.3, 0.4) is 0 Å². The Hall–Kier alpha value is -3.01. The quantitative estimate of drug-likeness (QED) is 0.247. The van der Waals surface area contributed by atoms with Crippen molar-refractivity contribution in [2.45, 2.75) is 52.0 Å². The summed E-state index contributed by atoms with van der Waals surface area (Å²) in [5.74, 6) is 0.354. The molecule has 0 aliphatic heterocycles. The molecule has 4 rings (SSSR count). The third kappa shape index (κ3) is 5.38. The Labute approximate surface area is 216 Å². The molecular weight excluding hydrogens is 494 g/mol. The number of hydrogen-bond donors (Lipinski definition) is 0. The van der Waals surface area contributed by atoms with E-state index in [0.717, 1.165) is 34.2 Å². The van der Waals surface area contributed by atoms with E-state index in [-0.39, 0.29) is 17.3 Å². The van der Waals surface area contributed by atoms with Gasteiger partial charge in [-0.05, 0) is 80.3 Å². The van der Waals surface area contributed by atoms with Gasteiger partial charge in [-0.25, -0.2) is 13.4 Å². The standard InChI is InChI=1S/C27H31N3O4S2/c1-5-13-29(14-6-2)36(32,33)23-11-9-21(10-12-23)26(31)30(18-22-8-7-15-34-22)27-28-24-17-19(3)16-20(4)25(24)35-27/h7-12,15-17H,5-6,13-14,18H2,1-4H3. The molecule has 0 fully saturated rings. The maximum Gasteiger partial charge on any atom is 0.260 e. The molecule has 36 heavy (non-hydrogen) atoms. The monoisotopic (exact) mass is 525 g/mol. The summed E-state index contributed by atoms with van der Waals surface area (Å²) in [6, 6.07) is 13.9. The van der Waals surface area contributed by atoms with Gasteiger partial charge in [0.2, 0.25) is 10.0 Å². The molecular formula is C27H31N3O4S2. The Morgan fingerprint density at radius 1 is 1.03 bits per heavy atom. The molecule has 0 saturated heterocycles. The third-order valence-corrected chi connectivity index (χ3v) is 9.01. The largest absolute Gasteiger partial charge is 0.467 e. The minimum Gasteiger partial charge on any atom is -0.467 e. The molecule has 0 N–H and O–H groups in total. The van der Waals surface area contributed by atoms with Crippen LogP contribution in [0.15, 0.2) is 64.1 Å². The number of rotatable bonds is 10. The highest BCUT2D eigenvalue weighted by atomic mass is 32.2. The van der Waals surface area contributed by atoms with Gasteiger partial charge in [0.15, 0.2) is 5.13 Å². The molecule has 0 radical (unpaired) electrons. The second-order valence-electron chi connectivity index (χ2n) is 8.83. The van der Waals surface area contributed by atoms with Gasteiger partial charge in [0, 0.05) is 18.7 Å². The van der Waals surface area contributed by atoms with Gasteiger partial charge in [-0.1, -0.05) is 31.3 Å². The number of benzene rings is 2. The van der Waals surface area contributed by atoms with Crippen molar-refractivity contribution >= 4 is 42.6 Å². The van der Waals surface area contributed by atoms with E-state index in [1.54, 1.807) is 29.4 Å². The summed E-state index contributed by atoms with van der Waals surface area (Å²) in [5, 5.41) is 0.564. The maximum atomic E-state index is 13.7. The maximum absolute atomic E-state index is 13.7. The molecule has 0 spiro atoms. The lowest BCUT2D eigenvalue weighted by atomic mass is 10.1. The lowest BCUT2D eigenvalue weighted by Crippen LogP contribution is -2.33. The van der Waals surface area contributed by atoms with Gasteiger partial charge in [0.05, 0.1) is 27.9 Å². The molecule has 1 amide bonds. The van der Waals surface area contributed by atoms with E-state index in [0.29, 0.717) is 29.5 Å². The number of furan rings is 1. The van der Waals surface area contributed by atoms with Crippen LogP contribution in [-0.4, -0.2) is 36.7 Å². The third-order valence-electron chi connectivity index (χ3n) is 5.86. The Bertz CT molecular complexity index is 1440. The number of carbonyl (C=O) groups is 1. The lowest BCUT2D eigenvalue weighted by Gasteiger charge is -2.21. The lowest BCUT2D eigenvalue weighted by molar-refractivity contribution is 0.0983. The molecule has 2 heterocycles. The molecule has 2 aromatic heterocycles. The number of hydrogen-bond acceptors (Lipinski definition) is 6. The number of anilines is 1. The van der Waals surface area contributed by atoms with Crippen LogP contribution in [0.4, 0.5) is 5.13 Å². The number of nitrogens with zero attached hydrogens (tertiary/aromatic N) is 3. The molecule has 0 unspecified atom stereocenters. The highest BCUT2D eigenvalue weighted by Gasteiger charge is 2.26. The van der Waals surface area contributed by atoms with E-state index >= 15 is 0 Å². The number of aryl methyl sites for hydroxylation is 2. The van der Waals surface area contributed by atoms with E-state index in [9.17, 15) is 13.2 Å². The zero-order valence-electron chi connectivity index (χ0n) is 21.0. The van der Waals surface area contributed by atoms with Crippen molar-refractivity contribution < 1.29 is 17.6 Å². The van der Waals surface area contributed by atoms with Crippen molar-refractivity contribution in [2.24, 2.45) is 0 Å². The Morgan fingerprint density at radius 3 is 2.33 bits per heavy atom. The van der Waals surface area contributed by atoms with Gasteiger partial charge in [-0.2, -0.15) is 4.31 Å². The van der Waals surface area contributed by atoms with Crippen LogP contribution in [0.25, 0.3) is 10.2 Å². The van der Waals surface area contributed by atoms with Crippen molar-refractivity contribution in [3.63, 3.8) is 0 Å². The second kappa shape index (κ2) is 10.9. The summed E-state index contributed by atoms with van der Waals surface area (Å²) < 4.78 is 34.3. The van der Waals surface area contributed by atoms with Crippen LogP contribution in [-0.2, 0) is 16.6 Å². The molecule has 0 aliphatic rings. The van der Waals surface area contributed by atoms with Gasteiger partial charge < -0.3 is 4.42 Å². The molecule has 4 aromatic rings. The zero-order chi connectivity index (χ0) is 25.9. The molecule has 2 aromatic carbocycles. The summed E-state index contributed by atoms with van der Waals surface area (Å²) in [6.45, 7) is 9.11. The van der Waals surface area contributed by atoms with E-state index < -0.39 is 10.0 Å². The Kier molecular flexibility index (Phi) is 7.92. The number of amides is 1. The van der Waals surface area contributed by atoms with Crippen LogP contribution in [0, 0.1) is 13.8 Å². The second-order valence-corrected chi connectivity index (χ2v) is 11.7. The summed E-state index contributed by atoms with van der Waals surface area (Å²) in [4.78, 5) is 20.2. The average Bonchev–Trinajstić information content (AvgIpc) is 3.52. The SMILES string of the molecule is CCCN(CCC)S(=O)(=O)c1ccc(C(=O)N(Cc2ccco2)c2nc3cc(C)cc(C)c3s2)cc1. The normalized spacial score (nSPS) is 11.9. The molecule has 0 aliphatic carbocycles. The minimum absolute atomic E-state index is 0.185. The fourth-order valence-corrected chi connectivity index (χ4v) is 6.83. The molecule has 9 heteroatoms. The zero-order valence-corrected chi connectivity index (χ0v) is 22.7. The van der Waals surface area contributed by atoms with Crippen LogP contribution >= 0.6 is 11.3 Å². The molecule has 190 valence electrons. The summed E-state index contributed by atoms with van der Waals surface area (Å²) in [6.07, 6.45) is 3.04. The van der Waals surface area contributed by atoms with Crippen molar-refractivity contribution in [1.29, 1.82) is 0 Å². The highest BCUT2D eigenvalue weighted by molar-refractivity contribution is 7.89. The predicted molar refractivity (Wildman–Crippen MR) is 144 cm³/mol. The topological polar surface area (TPSA) is 83.7 Å². The first kappa shape index (κ1) is 26.1. The number of carbonyl (C=O) groups excluding carboxylic acids is 1. The molecule has 0 atom stereocenters. The van der Waals surface area contributed by atoms with E-state index in [1.165, 1.54) is 27.8 Å². The van der Waals surface area contributed by atoms with E-state index in [2.05, 4.69) is 6.07 Å². The number of sulfonamides is 1. The van der Waals surface area contributed by atoms with E-state index in [4.69, 9.17) is 9.40 Å². The van der Waals surface area contributed by atoms with Gasteiger partial charge in [0.25, 0.3) is 5.91 Å². The van der Waals surface area contributed by atoms with Crippen LogP contribution in [0.5, 0.6) is 0 Å². The van der Waals surface area contributed by atoms with Crippen LogP contribution in [0.1, 0.15) is 53.9 Å². The van der Waals surface area contributed by atoms with Gasteiger partial charge in [-0.3, -0.25) is 9.69 Å². The van der Waals surface area contributed by atoms with Crippen molar-refractivity contribution in [3.05, 3.63) is 77.2 Å². The average molecular weight is 526 g/mol. The first-order valence-corrected chi connectivity index (χ1v) is 14.3. The summed E-state index contributed by atoms with van der Waals surface area (Å²) >= 11 is 1.46. The fraction of sp³-hybridized carbons (Fsp3) is 0.333.